The number of fused-ring (bicyclic) bond motifs is 1. The summed E-state index contributed by atoms with van der Waals surface area (Å²) in [6.07, 6.45) is 3.82. The highest BCUT2D eigenvalue weighted by molar-refractivity contribution is 8.26. The van der Waals surface area contributed by atoms with Crippen molar-refractivity contribution in [3.05, 3.63) is 45.2 Å². The lowest BCUT2D eigenvalue weighted by Crippen LogP contribution is -2.29. The van der Waals surface area contributed by atoms with Gasteiger partial charge in [0, 0.05) is 32.5 Å². The molecule has 1 saturated heterocycles. The molecule has 3 rings (SSSR count). The highest BCUT2D eigenvalue weighted by Crippen LogP contribution is 2.33. The minimum Gasteiger partial charge on any atom is -0.395 e. The molecular weight excluding hydrogens is 412 g/mol. The van der Waals surface area contributed by atoms with Crippen LogP contribution in [-0.2, 0) is 9.53 Å². The first-order valence-corrected chi connectivity index (χ1v) is 10.5. The molecule has 1 aliphatic heterocycles. The summed E-state index contributed by atoms with van der Waals surface area (Å²) >= 11 is 6.50. The van der Waals surface area contributed by atoms with Gasteiger partial charge in [0.15, 0.2) is 0 Å². The van der Waals surface area contributed by atoms with E-state index in [4.69, 9.17) is 22.1 Å². The van der Waals surface area contributed by atoms with Crippen LogP contribution in [0.2, 0.25) is 0 Å². The van der Waals surface area contributed by atoms with Gasteiger partial charge in [-0.3, -0.25) is 18.9 Å². The minimum absolute atomic E-state index is 0.114. The molecule has 10 heteroatoms. The smallest absolute Gasteiger partial charge is 0.267 e. The van der Waals surface area contributed by atoms with Gasteiger partial charge in [0.05, 0.1) is 17.1 Å². The summed E-state index contributed by atoms with van der Waals surface area (Å²) < 4.78 is 7.18. The van der Waals surface area contributed by atoms with Gasteiger partial charge >= 0.3 is 0 Å². The second kappa shape index (κ2) is 9.97. The number of hydrogen-bond acceptors (Lipinski definition) is 8. The first-order chi connectivity index (χ1) is 14.1. The number of thiocarbonyl (C=S) groups is 1. The van der Waals surface area contributed by atoms with Crippen LogP contribution in [0.5, 0.6) is 0 Å². The van der Waals surface area contributed by atoms with Crippen LogP contribution in [0.25, 0.3) is 11.7 Å². The van der Waals surface area contributed by atoms with Crippen LogP contribution in [0.1, 0.15) is 18.9 Å². The molecule has 0 aromatic carbocycles. The monoisotopic (exact) mass is 434 g/mol. The number of hydrogen-bond donors (Lipinski definition) is 2. The maximum absolute atomic E-state index is 13.0. The molecule has 2 N–H and O–H groups in total. The van der Waals surface area contributed by atoms with E-state index in [1.54, 1.807) is 24.4 Å². The number of aliphatic hydroxyl groups is 1. The van der Waals surface area contributed by atoms with Crippen LogP contribution < -0.4 is 10.9 Å². The molecule has 0 saturated carbocycles. The highest BCUT2D eigenvalue weighted by Gasteiger charge is 2.32. The molecule has 29 heavy (non-hydrogen) atoms. The molecule has 1 amide bonds. The number of aliphatic hydroxyl groups excluding tert-OH is 1. The van der Waals surface area contributed by atoms with Crippen LogP contribution in [0.4, 0.5) is 5.82 Å². The molecule has 1 fully saturated rings. The molecule has 0 spiro atoms. The van der Waals surface area contributed by atoms with Crippen molar-refractivity contribution < 1.29 is 14.6 Å². The number of thioether (sulfide) groups is 1. The fourth-order valence-corrected chi connectivity index (χ4v) is 4.13. The summed E-state index contributed by atoms with van der Waals surface area (Å²) in [6, 6.07) is 5.23. The molecule has 1 aliphatic rings. The SMILES string of the molecule is CCOCCCN1C(=O)/C(=C\c2c(NCCO)nc3ccccn3c2=O)SC1=S. The third-order valence-corrected chi connectivity index (χ3v) is 5.57. The van der Waals surface area contributed by atoms with Gasteiger partial charge in [0.2, 0.25) is 0 Å². The lowest BCUT2D eigenvalue weighted by Gasteiger charge is -2.14. The maximum atomic E-state index is 13.0. The first-order valence-electron chi connectivity index (χ1n) is 9.26. The molecule has 0 bridgehead atoms. The topological polar surface area (TPSA) is 96.2 Å². The van der Waals surface area contributed by atoms with Crippen LogP contribution in [0.3, 0.4) is 0 Å². The van der Waals surface area contributed by atoms with E-state index in [0.717, 1.165) is 11.8 Å². The van der Waals surface area contributed by atoms with E-state index < -0.39 is 0 Å². The summed E-state index contributed by atoms with van der Waals surface area (Å²) in [5, 5.41) is 12.1. The molecule has 0 unspecified atom stereocenters. The van der Waals surface area contributed by atoms with Crippen molar-refractivity contribution in [3.8, 4) is 0 Å². The van der Waals surface area contributed by atoms with Crippen molar-refractivity contribution in [1.29, 1.82) is 0 Å². The average Bonchev–Trinajstić information content (AvgIpc) is 2.99. The van der Waals surface area contributed by atoms with Gasteiger partial charge in [-0.1, -0.05) is 30.0 Å². The van der Waals surface area contributed by atoms with E-state index in [2.05, 4.69) is 10.3 Å². The van der Waals surface area contributed by atoms with Crippen molar-refractivity contribution in [2.24, 2.45) is 0 Å². The second-order valence-electron chi connectivity index (χ2n) is 6.14. The van der Waals surface area contributed by atoms with Crippen LogP contribution in [0, 0.1) is 0 Å². The van der Waals surface area contributed by atoms with Gasteiger partial charge in [-0.05, 0) is 31.6 Å². The Hall–Kier alpha value is -2.27. The van der Waals surface area contributed by atoms with Crippen LogP contribution in [0.15, 0.2) is 34.1 Å². The van der Waals surface area contributed by atoms with Crippen molar-refractivity contribution in [2.45, 2.75) is 13.3 Å². The molecule has 3 heterocycles. The lowest BCUT2D eigenvalue weighted by atomic mass is 10.2. The summed E-state index contributed by atoms with van der Waals surface area (Å²) in [4.78, 5) is 32.2. The van der Waals surface area contributed by atoms with Crippen LogP contribution >= 0.6 is 24.0 Å². The number of rotatable bonds is 9. The van der Waals surface area contributed by atoms with Gasteiger partial charge in [-0.25, -0.2) is 4.98 Å². The predicted octanol–water partition coefficient (Wildman–Crippen LogP) is 1.73. The van der Waals surface area contributed by atoms with Gasteiger partial charge < -0.3 is 15.2 Å². The zero-order valence-corrected chi connectivity index (χ0v) is 17.6. The molecule has 0 radical (unpaired) electrons. The predicted molar refractivity (Wildman–Crippen MR) is 118 cm³/mol. The van der Waals surface area contributed by atoms with Gasteiger partial charge in [0.25, 0.3) is 11.5 Å². The Balaban J connectivity index is 1.94. The number of pyridine rings is 1. The quantitative estimate of drug-likeness (QED) is 0.350. The van der Waals surface area contributed by atoms with Crippen molar-refractivity contribution in [2.75, 3.05) is 38.2 Å². The van der Waals surface area contributed by atoms with E-state index in [-0.39, 0.29) is 30.2 Å². The number of aromatic nitrogens is 2. The summed E-state index contributed by atoms with van der Waals surface area (Å²) in [5.74, 6) is 0.0824. The Morgan fingerprint density at radius 1 is 1.38 bits per heavy atom. The number of ether oxygens (including phenoxy) is 1. The zero-order chi connectivity index (χ0) is 20.8. The number of carbonyl (C=O) groups excluding carboxylic acids is 1. The fraction of sp³-hybridized carbons (Fsp3) is 0.368. The average molecular weight is 435 g/mol. The number of nitrogens with zero attached hydrogens (tertiary/aromatic N) is 3. The van der Waals surface area contributed by atoms with E-state index in [1.807, 2.05) is 6.92 Å². The number of anilines is 1. The molecule has 0 atom stereocenters. The van der Waals surface area contributed by atoms with Crippen molar-refractivity contribution in [3.63, 3.8) is 0 Å². The highest BCUT2D eigenvalue weighted by atomic mass is 32.2. The lowest BCUT2D eigenvalue weighted by molar-refractivity contribution is -0.122. The third-order valence-electron chi connectivity index (χ3n) is 4.20. The van der Waals surface area contributed by atoms with E-state index in [0.29, 0.717) is 46.9 Å². The number of nitrogens with one attached hydrogen (secondary N) is 1. The molecule has 8 nitrogen and oxygen atoms in total. The molecule has 0 aliphatic carbocycles. The van der Waals surface area contributed by atoms with Gasteiger partial charge in [-0.15, -0.1) is 0 Å². The van der Waals surface area contributed by atoms with Gasteiger partial charge in [0.1, 0.15) is 15.8 Å². The maximum Gasteiger partial charge on any atom is 0.267 e. The second-order valence-corrected chi connectivity index (χ2v) is 7.82. The van der Waals surface area contributed by atoms with Crippen LogP contribution in [-0.4, -0.2) is 62.5 Å². The number of carbonyl (C=O) groups is 1. The van der Waals surface area contributed by atoms with E-state index in [9.17, 15) is 9.59 Å². The van der Waals surface area contributed by atoms with Crippen molar-refractivity contribution >= 4 is 51.7 Å². The fourth-order valence-electron chi connectivity index (χ4n) is 2.83. The normalized spacial score (nSPS) is 15.7. The first kappa shape index (κ1) is 21.4. The Labute approximate surface area is 177 Å². The van der Waals surface area contributed by atoms with E-state index in [1.165, 1.54) is 15.4 Å². The third kappa shape index (κ3) is 4.84. The van der Waals surface area contributed by atoms with Gasteiger partial charge in [-0.2, -0.15) is 0 Å². The summed E-state index contributed by atoms with van der Waals surface area (Å²) in [7, 11) is 0. The Bertz CT molecular complexity index is 1010. The minimum atomic E-state index is -0.308. The Kier molecular flexibility index (Phi) is 7.37. The largest absolute Gasteiger partial charge is 0.395 e. The Morgan fingerprint density at radius 3 is 2.97 bits per heavy atom. The zero-order valence-electron chi connectivity index (χ0n) is 16.0. The summed E-state index contributed by atoms with van der Waals surface area (Å²) in [6.45, 7) is 3.68. The molecular formula is C19H22N4O4S2. The number of amides is 1. The van der Waals surface area contributed by atoms with E-state index >= 15 is 0 Å². The molecule has 2 aromatic heterocycles. The summed E-state index contributed by atoms with van der Waals surface area (Å²) in [5.41, 5.74) is 0.410. The molecule has 154 valence electrons. The Morgan fingerprint density at radius 2 is 2.21 bits per heavy atom. The standard InChI is InChI=1S/C19H22N4O4S2/c1-2-27-11-5-9-23-18(26)14(29-19(23)28)12-13-16(20-7-10-24)21-15-6-3-4-8-22(15)17(13)25/h3-4,6,8,12,20,24H,2,5,7,9-11H2,1H3/b14-12+. The van der Waals surface area contributed by atoms with Crippen molar-refractivity contribution in [1.82, 2.24) is 14.3 Å². The molecule has 2 aromatic rings.